The van der Waals surface area contributed by atoms with Crippen molar-refractivity contribution < 1.29 is 14.8 Å². The van der Waals surface area contributed by atoms with E-state index in [4.69, 9.17) is 5.11 Å². The summed E-state index contributed by atoms with van der Waals surface area (Å²) >= 11 is 1.55. The molecule has 26 heavy (non-hydrogen) atoms. The van der Waals surface area contributed by atoms with Crippen LogP contribution in [0, 0.1) is 0 Å². The number of amidine groups is 1. The molecule has 0 bridgehead atoms. The second-order valence-electron chi connectivity index (χ2n) is 6.59. The van der Waals surface area contributed by atoms with Gasteiger partial charge in [-0.25, -0.2) is 0 Å². The molecular formula is C21H26N2O2S. The second-order valence-corrected chi connectivity index (χ2v) is 7.74. The van der Waals surface area contributed by atoms with E-state index < -0.39 is 0 Å². The molecule has 0 atom stereocenters. The lowest BCUT2D eigenvalue weighted by atomic mass is 10.2. The minimum atomic E-state index is 0.0186. The van der Waals surface area contributed by atoms with E-state index in [0.717, 1.165) is 9.79 Å². The minimum absolute atomic E-state index is 0.0186. The summed E-state index contributed by atoms with van der Waals surface area (Å²) in [5.41, 5.74) is 0. The highest BCUT2D eigenvalue weighted by atomic mass is 32.2. The topological polar surface area (TPSA) is 58.3 Å². The summed E-state index contributed by atoms with van der Waals surface area (Å²) in [4.78, 5) is 2.05. The fourth-order valence-electron chi connectivity index (χ4n) is 3.17. The average Bonchev–Trinajstić information content (AvgIpc) is 2.91. The van der Waals surface area contributed by atoms with Crippen molar-refractivity contribution in [1.82, 2.24) is 5.32 Å². The van der Waals surface area contributed by atoms with Crippen LogP contribution in [0.2, 0.25) is 0 Å². The molecule has 0 spiro atoms. The van der Waals surface area contributed by atoms with Crippen LogP contribution in [0.5, 0.6) is 11.5 Å². The number of benzene rings is 2. The molecule has 2 N–H and O–H groups in total. The number of phenolic OH excluding ortho intramolecular Hbond substituents is 1. The zero-order valence-corrected chi connectivity index (χ0v) is 15.8. The monoisotopic (exact) mass is 370 g/mol. The van der Waals surface area contributed by atoms with Crippen molar-refractivity contribution in [3.8, 4) is 11.5 Å². The maximum atomic E-state index is 10.9. The molecule has 4 nitrogen and oxygen atoms in total. The summed E-state index contributed by atoms with van der Waals surface area (Å²) in [5.74, 6) is 1.80. The average molecular weight is 371 g/mol. The highest BCUT2D eigenvalue weighted by Crippen LogP contribution is 2.29. The SMILES string of the molecule is C1CCC2=[N+](CC1)CCCN2.[O-]c1ccc(Sc2ccc(O)cc2)cc1. The maximum Gasteiger partial charge on any atom is 0.244 e. The molecule has 0 aromatic heterocycles. The number of hydrogen-bond acceptors (Lipinski definition) is 4. The first-order valence-corrected chi connectivity index (χ1v) is 10.1. The Morgan fingerprint density at radius 2 is 1.50 bits per heavy atom. The quantitative estimate of drug-likeness (QED) is 0.794. The largest absolute Gasteiger partial charge is 0.872 e. The Bertz CT molecular complexity index is 665. The van der Waals surface area contributed by atoms with Crippen LogP contribution in [0.25, 0.3) is 0 Å². The molecule has 0 fully saturated rings. The fraction of sp³-hybridized carbons (Fsp3) is 0.381. The standard InChI is InChI=1S/C12H10O2S.C9H16N2/c13-9-1-5-11(6-2-9)15-12-7-3-10(14)4-8-12;1-2-5-9-10-6-4-8-11(9)7-3-1/h1-8,13-14H;1-8H2. The van der Waals surface area contributed by atoms with E-state index in [9.17, 15) is 5.11 Å². The molecule has 0 saturated carbocycles. The summed E-state index contributed by atoms with van der Waals surface area (Å²) in [5, 5.41) is 23.5. The smallest absolute Gasteiger partial charge is 0.244 e. The van der Waals surface area contributed by atoms with Crippen LogP contribution in [-0.2, 0) is 0 Å². The predicted octanol–water partition coefficient (Wildman–Crippen LogP) is 3.58. The van der Waals surface area contributed by atoms with E-state index in [1.807, 2.05) is 12.1 Å². The molecule has 0 radical (unpaired) electrons. The van der Waals surface area contributed by atoms with Gasteiger partial charge in [0.15, 0.2) is 0 Å². The van der Waals surface area contributed by atoms with Gasteiger partial charge in [-0.1, -0.05) is 23.9 Å². The van der Waals surface area contributed by atoms with E-state index in [1.165, 1.54) is 57.6 Å². The minimum Gasteiger partial charge on any atom is -0.872 e. The van der Waals surface area contributed by atoms with Gasteiger partial charge in [-0.15, -0.1) is 5.75 Å². The highest BCUT2D eigenvalue weighted by Gasteiger charge is 2.19. The van der Waals surface area contributed by atoms with Gasteiger partial charge in [0.2, 0.25) is 5.84 Å². The molecular weight excluding hydrogens is 344 g/mol. The molecule has 4 rings (SSSR count). The Kier molecular flexibility index (Phi) is 6.83. The second kappa shape index (κ2) is 9.53. The third kappa shape index (κ3) is 5.70. The first-order valence-electron chi connectivity index (χ1n) is 9.29. The number of nitrogens with zero attached hydrogens (tertiary/aromatic N) is 1. The molecule has 2 aromatic rings. The summed E-state index contributed by atoms with van der Waals surface area (Å²) in [6, 6.07) is 13.6. The van der Waals surface area contributed by atoms with Crippen molar-refractivity contribution in [2.75, 3.05) is 19.6 Å². The van der Waals surface area contributed by atoms with E-state index in [1.54, 1.807) is 48.2 Å². The lowest BCUT2D eigenvalue weighted by Gasteiger charge is -2.14. The number of hydrogen-bond donors (Lipinski definition) is 2. The predicted molar refractivity (Wildman–Crippen MR) is 104 cm³/mol. The molecule has 0 amide bonds. The van der Waals surface area contributed by atoms with Gasteiger partial charge in [0.25, 0.3) is 0 Å². The lowest BCUT2D eigenvalue weighted by Crippen LogP contribution is -2.40. The van der Waals surface area contributed by atoms with Gasteiger partial charge in [0.05, 0.1) is 19.6 Å². The first-order chi connectivity index (χ1) is 12.7. The van der Waals surface area contributed by atoms with E-state index in [-0.39, 0.29) is 11.5 Å². The van der Waals surface area contributed by atoms with Crippen LogP contribution in [-0.4, -0.2) is 35.2 Å². The first kappa shape index (κ1) is 18.6. The van der Waals surface area contributed by atoms with Gasteiger partial charge in [-0.2, -0.15) is 0 Å². The van der Waals surface area contributed by atoms with Crippen molar-refractivity contribution in [2.24, 2.45) is 0 Å². The maximum absolute atomic E-state index is 10.9. The van der Waals surface area contributed by atoms with Crippen LogP contribution < -0.4 is 10.4 Å². The van der Waals surface area contributed by atoms with Crippen molar-refractivity contribution >= 4 is 17.6 Å². The molecule has 2 heterocycles. The molecule has 0 aliphatic carbocycles. The Morgan fingerprint density at radius 3 is 2.23 bits per heavy atom. The number of rotatable bonds is 2. The molecule has 138 valence electrons. The molecule has 2 aromatic carbocycles. The van der Waals surface area contributed by atoms with Gasteiger partial charge in [-0.3, -0.25) is 9.89 Å². The van der Waals surface area contributed by atoms with E-state index in [2.05, 4.69) is 9.89 Å². The van der Waals surface area contributed by atoms with Gasteiger partial charge >= 0.3 is 0 Å². The number of nitrogens with one attached hydrogen (secondary N) is 1. The Labute approximate surface area is 159 Å². The molecule has 0 unspecified atom stereocenters. The highest BCUT2D eigenvalue weighted by molar-refractivity contribution is 7.99. The van der Waals surface area contributed by atoms with Crippen LogP contribution in [0.3, 0.4) is 0 Å². The summed E-state index contributed by atoms with van der Waals surface area (Å²) < 4.78 is 2.54. The molecule has 2 aliphatic rings. The van der Waals surface area contributed by atoms with Gasteiger partial charge < -0.3 is 10.2 Å². The Balaban J connectivity index is 0.000000158. The van der Waals surface area contributed by atoms with Crippen LogP contribution in [0.15, 0.2) is 58.3 Å². The van der Waals surface area contributed by atoms with Crippen molar-refractivity contribution in [3.05, 3.63) is 48.5 Å². The summed E-state index contributed by atoms with van der Waals surface area (Å²) in [7, 11) is 0. The summed E-state index contributed by atoms with van der Waals surface area (Å²) in [6.45, 7) is 3.79. The third-order valence-electron chi connectivity index (χ3n) is 4.55. The van der Waals surface area contributed by atoms with Crippen LogP contribution in [0.4, 0.5) is 0 Å². The summed E-state index contributed by atoms with van der Waals surface area (Å²) in [6.07, 6.45) is 6.81. The zero-order valence-electron chi connectivity index (χ0n) is 15.0. The van der Waals surface area contributed by atoms with Crippen LogP contribution >= 0.6 is 11.8 Å². The van der Waals surface area contributed by atoms with E-state index in [0.29, 0.717) is 0 Å². The van der Waals surface area contributed by atoms with Crippen LogP contribution in [0.1, 0.15) is 32.1 Å². The molecule has 2 aliphatic heterocycles. The van der Waals surface area contributed by atoms with Gasteiger partial charge in [0, 0.05) is 22.6 Å². The molecule has 0 saturated heterocycles. The van der Waals surface area contributed by atoms with Crippen molar-refractivity contribution in [3.63, 3.8) is 0 Å². The number of aromatic hydroxyl groups is 1. The molecule has 5 heteroatoms. The fourth-order valence-corrected chi connectivity index (χ4v) is 3.99. The van der Waals surface area contributed by atoms with Crippen molar-refractivity contribution in [1.29, 1.82) is 0 Å². The Hall–Kier alpha value is -2.14. The Morgan fingerprint density at radius 1 is 0.846 bits per heavy atom. The number of phenols is 1. The lowest BCUT2D eigenvalue weighted by molar-refractivity contribution is -0.534. The zero-order chi connectivity index (χ0) is 18.2. The van der Waals surface area contributed by atoms with Crippen molar-refractivity contribution in [2.45, 2.75) is 41.9 Å². The van der Waals surface area contributed by atoms with Gasteiger partial charge in [-0.05, 0) is 55.7 Å². The van der Waals surface area contributed by atoms with E-state index >= 15 is 0 Å². The van der Waals surface area contributed by atoms with Gasteiger partial charge in [0.1, 0.15) is 5.75 Å². The normalized spacial score (nSPS) is 16.6. The third-order valence-corrected chi connectivity index (χ3v) is 5.57.